The van der Waals surface area contributed by atoms with Gasteiger partial charge in [0.05, 0.1) is 7.11 Å². The number of carbonyl (C=O) groups excluding carboxylic acids is 2. The maximum atomic E-state index is 12.8. The Kier molecular flexibility index (Phi) is 7.37. The van der Waals surface area contributed by atoms with E-state index in [9.17, 15) is 9.59 Å². The van der Waals surface area contributed by atoms with Crippen LogP contribution in [-0.4, -0.2) is 32.0 Å². The first-order valence-electron chi connectivity index (χ1n) is 11.2. The van der Waals surface area contributed by atoms with Gasteiger partial charge in [0.1, 0.15) is 5.75 Å². The Hall–Kier alpha value is -3.94. The zero-order valence-electron chi connectivity index (χ0n) is 19.1. The minimum absolute atomic E-state index is 0.250. The predicted octanol–water partition coefficient (Wildman–Crippen LogP) is 4.04. The highest BCUT2D eigenvalue weighted by atomic mass is 16.5. The van der Waals surface area contributed by atoms with E-state index >= 15 is 0 Å². The fourth-order valence-corrected chi connectivity index (χ4v) is 3.81. The van der Waals surface area contributed by atoms with Crippen molar-refractivity contribution < 1.29 is 14.3 Å². The fourth-order valence-electron chi connectivity index (χ4n) is 3.81. The summed E-state index contributed by atoms with van der Waals surface area (Å²) in [6.07, 6.45) is 3.09. The Morgan fingerprint density at radius 2 is 1.53 bits per heavy atom. The summed E-state index contributed by atoms with van der Waals surface area (Å²) in [6.45, 7) is 2.22. The van der Waals surface area contributed by atoms with Crippen molar-refractivity contribution in [3.05, 3.63) is 95.1 Å². The van der Waals surface area contributed by atoms with Gasteiger partial charge in [-0.2, -0.15) is 0 Å². The molecule has 0 saturated heterocycles. The number of methoxy groups -OCH3 is 1. The van der Waals surface area contributed by atoms with E-state index < -0.39 is 0 Å². The Labute approximate surface area is 199 Å². The number of amides is 2. The molecule has 0 aromatic heterocycles. The van der Waals surface area contributed by atoms with Crippen LogP contribution in [-0.2, 0) is 6.54 Å². The molecule has 4 rings (SSSR count). The van der Waals surface area contributed by atoms with Gasteiger partial charge in [-0.05, 0) is 72.6 Å². The summed E-state index contributed by atoms with van der Waals surface area (Å²) in [5.41, 5.74) is 11.1. The first-order valence-corrected chi connectivity index (χ1v) is 11.2. The Morgan fingerprint density at radius 3 is 2.09 bits per heavy atom. The van der Waals surface area contributed by atoms with Gasteiger partial charge in [0, 0.05) is 47.2 Å². The van der Waals surface area contributed by atoms with E-state index in [4.69, 9.17) is 10.5 Å². The van der Waals surface area contributed by atoms with Crippen molar-refractivity contribution >= 4 is 28.8 Å². The molecule has 0 saturated carbocycles. The molecule has 2 amide bonds. The molecule has 1 heterocycles. The lowest BCUT2D eigenvalue weighted by molar-refractivity contribution is 0.101. The van der Waals surface area contributed by atoms with Gasteiger partial charge in [0.25, 0.3) is 11.8 Å². The molecule has 0 atom stereocenters. The van der Waals surface area contributed by atoms with Crippen LogP contribution in [0.3, 0.4) is 0 Å². The number of hydrogen-bond acceptors (Lipinski definition) is 5. The van der Waals surface area contributed by atoms with Crippen LogP contribution in [0.15, 0.2) is 72.8 Å². The molecule has 1 aliphatic heterocycles. The van der Waals surface area contributed by atoms with Gasteiger partial charge in [0.15, 0.2) is 0 Å². The molecule has 7 nitrogen and oxygen atoms in total. The van der Waals surface area contributed by atoms with Crippen molar-refractivity contribution in [1.29, 1.82) is 0 Å². The van der Waals surface area contributed by atoms with Crippen molar-refractivity contribution in [3.8, 4) is 5.75 Å². The van der Waals surface area contributed by atoms with Gasteiger partial charge >= 0.3 is 0 Å². The van der Waals surface area contributed by atoms with E-state index in [0.717, 1.165) is 36.4 Å². The largest absolute Gasteiger partial charge is 0.496 e. The number of hydrogen-bond donors (Lipinski definition) is 4. The van der Waals surface area contributed by atoms with Crippen LogP contribution in [0, 0.1) is 0 Å². The van der Waals surface area contributed by atoms with Gasteiger partial charge in [-0.15, -0.1) is 0 Å². The number of anilines is 2. The molecule has 0 fully saturated rings. The average Bonchev–Trinajstić information content (AvgIpc) is 2.89. The Bertz CT molecular complexity index is 1200. The molecule has 174 valence electrons. The SMILES string of the molecule is COc1cc(NC(=O)c2ccc(C(=O)Nc3ccc(CN)cc3)cc2)ccc1C1=CCNCC1. The summed E-state index contributed by atoms with van der Waals surface area (Å²) in [4.78, 5) is 25.3. The standard InChI is InChI=1S/C27H28N4O3/c1-34-25-16-23(10-11-24(25)19-12-14-29-15-13-19)31-27(33)21-6-4-20(5-7-21)26(32)30-22-8-2-18(17-28)3-9-22/h2-12,16,29H,13-15,17,28H2,1H3,(H,30,32)(H,31,33). The monoisotopic (exact) mass is 456 g/mol. The second-order valence-electron chi connectivity index (χ2n) is 7.99. The summed E-state index contributed by atoms with van der Waals surface area (Å²) in [7, 11) is 1.63. The van der Waals surface area contributed by atoms with Crippen LogP contribution in [0.25, 0.3) is 5.57 Å². The predicted molar refractivity (Wildman–Crippen MR) is 135 cm³/mol. The highest BCUT2D eigenvalue weighted by Gasteiger charge is 2.14. The van der Waals surface area contributed by atoms with Crippen molar-refractivity contribution in [3.63, 3.8) is 0 Å². The number of nitrogens with two attached hydrogens (primary N) is 1. The van der Waals surface area contributed by atoms with Crippen molar-refractivity contribution in [2.75, 3.05) is 30.8 Å². The van der Waals surface area contributed by atoms with Gasteiger partial charge in [-0.25, -0.2) is 0 Å². The third-order valence-corrected chi connectivity index (χ3v) is 5.73. The second-order valence-corrected chi connectivity index (χ2v) is 7.99. The van der Waals surface area contributed by atoms with Crippen LogP contribution >= 0.6 is 0 Å². The fraction of sp³-hybridized carbons (Fsp3) is 0.185. The first-order chi connectivity index (χ1) is 16.6. The maximum absolute atomic E-state index is 12.8. The molecule has 0 radical (unpaired) electrons. The lowest BCUT2D eigenvalue weighted by atomic mass is 9.99. The van der Waals surface area contributed by atoms with Crippen LogP contribution in [0.1, 0.15) is 38.3 Å². The molecule has 3 aromatic carbocycles. The van der Waals surface area contributed by atoms with Gasteiger partial charge in [-0.1, -0.05) is 18.2 Å². The topological polar surface area (TPSA) is 105 Å². The van der Waals surface area contributed by atoms with E-state index in [1.807, 2.05) is 42.5 Å². The zero-order valence-corrected chi connectivity index (χ0v) is 19.1. The van der Waals surface area contributed by atoms with E-state index in [-0.39, 0.29) is 11.8 Å². The van der Waals surface area contributed by atoms with E-state index in [1.165, 1.54) is 5.57 Å². The number of ether oxygens (including phenoxy) is 1. The number of benzene rings is 3. The maximum Gasteiger partial charge on any atom is 0.255 e. The Morgan fingerprint density at radius 1 is 0.912 bits per heavy atom. The third-order valence-electron chi connectivity index (χ3n) is 5.73. The third kappa shape index (κ3) is 5.51. The quantitative estimate of drug-likeness (QED) is 0.430. The minimum atomic E-state index is -0.264. The highest BCUT2D eigenvalue weighted by Crippen LogP contribution is 2.31. The normalized spacial score (nSPS) is 13.1. The summed E-state index contributed by atoms with van der Waals surface area (Å²) in [5.74, 6) is 0.206. The van der Waals surface area contributed by atoms with E-state index in [0.29, 0.717) is 29.0 Å². The smallest absolute Gasteiger partial charge is 0.255 e. The van der Waals surface area contributed by atoms with Gasteiger partial charge < -0.3 is 26.4 Å². The second kappa shape index (κ2) is 10.8. The van der Waals surface area contributed by atoms with Crippen LogP contribution in [0.5, 0.6) is 5.75 Å². The molecule has 0 unspecified atom stereocenters. The molecule has 5 N–H and O–H groups in total. The molecule has 0 bridgehead atoms. The summed E-state index contributed by atoms with van der Waals surface area (Å²) < 4.78 is 5.57. The molecule has 7 heteroatoms. The average molecular weight is 457 g/mol. The Balaban J connectivity index is 1.41. The van der Waals surface area contributed by atoms with Crippen molar-refractivity contribution in [1.82, 2.24) is 5.32 Å². The lowest BCUT2D eigenvalue weighted by Gasteiger charge is -2.17. The molecular formula is C27H28N4O3. The van der Waals surface area contributed by atoms with Gasteiger partial charge in [-0.3, -0.25) is 9.59 Å². The highest BCUT2D eigenvalue weighted by molar-refractivity contribution is 6.07. The molecule has 34 heavy (non-hydrogen) atoms. The van der Waals surface area contributed by atoms with E-state index in [2.05, 4.69) is 22.0 Å². The molecule has 1 aliphatic rings. The van der Waals surface area contributed by atoms with Crippen molar-refractivity contribution in [2.24, 2.45) is 5.73 Å². The zero-order chi connectivity index (χ0) is 23.9. The first kappa shape index (κ1) is 23.2. The van der Waals surface area contributed by atoms with E-state index in [1.54, 1.807) is 31.4 Å². The van der Waals surface area contributed by atoms with Crippen LogP contribution < -0.4 is 26.4 Å². The molecular weight excluding hydrogens is 428 g/mol. The van der Waals surface area contributed by atoms with Gasteiger partial charge in [0.2, 0.25) is 0 Å². The molecule has 3 aromatic rings. The lowest BCUT2D eigenvalue weighted by Crippen LogP contribution is -2.20. The van der Waals surface area contributed by atoms with Crippen molar-refractivity contribution in [2.45, 2.75) is 13.0 Å². The summed E-state index contributed by atoms with van der Waals surface area (Å²) >= 11 is 0. The summed E-state index contributed by atoms with van der Waals surface area (Å²) in [5, 5.41) is 9.04. The van der Waals surface area contributed by atoms with Crippen LogP contribution in [0.2, 0.25) is 0 Å². The number of carbonyl (C=O) groups is 2. The molecule has 0 aliphatic carbocycles. The molecule has 0 spiro atoms. The minimum Gasteiger partial charge on any atom is -0.496 e. The number of nitrogens with one attached hydrogen (secondary N) is 3. The van der Waals surface area contributed by atoms with Crippen LogP contribution in [0.4, 0.5) is 11.4 Å². The summed E-state index contributed by atoms with van der Waals surface area (Å²) in [6, 6.07) is 19.6. The number of rotatable bonds is 7.